The number of imide groups is 2. The minimum Gasteiger partial charge on any atom is -0.489 e. The first kappa shape index (κ1) is 40.3. The van der Waals surface area contributed by atoms with Crippen LogP contribution in [-0.2, 0) is 9.59 Å². The first-order valence-electron chi connectivity index (χ1n) is 19.3. The van der Waals surface area contributed by atoms with Crippen LogP contribution in [0.1, 0.15) is 116 Å². The fourth-order valence-corrected chi connectivity index (χ4v) is 8.77. The van der Waals surface area contributed by atoms with Crippen molar-refractivity contribution in [1.82, 2.24) is 15.5 Å². The number of rotatable bonds is 16. The lowest BCUT2D eigenvalue weighted by molar-refractivity contribution is -0.164. The summed E-state index contributed by atoms with van der Waals surface area (Å²) in [6.45, 7) is 9.90. The molecule has 1 saturated carbocycles. The van der Waals surface area contributed by atoms with Gasteiger partial charge < -0.3 is 20.7 Å². The monoisotopic (exact) mass is 780 g/mol. The molecule has 1 aliphatic carbocycles. The van der Waals surface area contributed by atoms with E-state index in [0.717, 1.165) is 67.9 Å². The largest absolute Gasteiger partial charge is 0.489 e. The van der Waals surface area contributed by atoms with Crippen molar-refractivity contribution in [3.05, 3.63) is 87.9 Å². The Morgan fingerprint density at radius 1 is 0.839 bits per heavy atom. The van der Waals surface area contributed by atoms with E-state index in [-0.39, 0.29) is 52.9 Å². The second kappa shape index (κ2) is 16.8. The second-order valence-corrected chi connectivity index (χ2v) is 16.5. The summed E-state index contributed by atoms with van der Waals surface area (Å²) < 4.78 is 6.34. The first-order chi connectivity index (χ1) is 26.7. The molecular formula is C43H49ClN6O6. The van der Waals surface area contributed by atoms with Gasteiger partial charge in [0, 0.05) is 59.4 Å². The third-order valence-corrected chi connectivity index (χ3v) is 11.6. The molecule has 0 radical (unpaired) electrons. The molecule has 0 aromatic heterocycles. The van der Waals surface area contributed by atoms with E-state index in [9.17, 15) is 29.2 Å². The fraction of sp³-hybridized carbons (Fsp3) is 0.442. The maximum Gasteiger partial charge on any atom is 0.262 e. The summed E-state index contributed by atoms with van der Waals surface area (Å²) in [5.74, 6) is -1.57. The number of carbonyl (C=O) groups excluding carboxylic acids is 5. The van der Waals surface area contributed by atoms with Crippen molar-refractivity contribution in [3.8, 4) is 11.8 Å². The highest BCUT2D eigenvalue weighted by Gasteiger charge is 2.64. The number of ether oxygens (including phenoxy) is 1. The minimum atomic E-state index is -0.973. The van der Waals surface area contributed by atoms with E-state index >= 15 is 0 Å². The van der Waals surface area contributed by atoms with Crippen LogP contribution in [0.4, 0.5) is 11.4 Å². The number of amides is 5. The van der Waals surface area contributed by atoms with Crippen LogP contribution in [-0.4, -0.2) is 65.7 Å². The van der Waals surface area contributed by atoms with Gasteiger partial charge in [-0.05, 0) is 73.9 Å². The van der Waals surface area contributed by atoms with E-state index in [1.165, 1.54) is 0 Å². The zero-order valence-corrected chi connectivity index (χ0v) is 33.1. The quantitative estimate of drug-likeness (QED) is 0.0876. The molecule has 0 bridgehead atoms. The highest BCUT2D eigenvalue weighted by molar-refractivity contribution is 6.31. The smallest absolute Gasteiger partial charge is 0.262 e. The van der Waals surface area contributed by atoms with E-state index in [0.29, 0.717) is 21.9 Å². The topological polar surface area (TPSA) is 170 Å². The van der Waals surface area contributed by atoms with Crippen molar-refractivity contribution < 1.29 is 28.7 Å². The highest BCUT2D eigenvalue weighted by Crippen LogP contribution is 2.55. The molecule has 6 rings (SSSR count). The predicted molar refractivity (Wildman–Crippen MR) is 214 cm³/mol. The van der Waals surface area contributed by atoms with E-state index in [4.69, 9.17) is 16.3 Å². The molecule has 1 saturated heterocycles. The number of nitrogens with zero attached hydrogens (tertiary/aromatic N) is 2. The van der Waals surface area contributed by atoms with Gasteiger partial charge in [-0.3, -0.25) is 34.2 Å². The summed E-state index contributed by atoms with van der Waals surface area (Å²) >= 11 is 6.22. The SMILES string of the molecule is CC1(C)C(NC(=O)c2ccc(NCCCCCCCCNc3ccc4c(c3)C(=O)N(C3CCC(=O)NC3=O)C4=O)cc2)C(C)(C)C1Oc1ccc(C#N)c(Cl)c1. The number of hydrogen-bond donors (Lipinski definition) is 4. The summed E-state index contributed by atoms with van der Waals surface area (Å²) in [4.78, 5) is 64.0. The molecule has 0 spiro atoms. The van der Waals surface area contributed by atoms with Crippen molar-refractivity contribution in [1.29, 1.82) is 5.26 Å². The second-order valence-electron chi connectivity index (χ2n) is 16.1. The lowest BCUT2D eigenvalue weighted by atomic mass is 9.49. The predicted octanol–water partition coefficient (Wildman–Crippen LogP) is 7.09. The molecule has 56 heavy (non-hydrogen) atoms. The average molecular weight is 781 g/mol. The molecule has 294 valence electrons. The van der Waals surface area contributed by atoms with Gasteiger partial charge in [0.05, 0.1) is 21.7 Å². The standard InChI is InChI=1S/C43H49ClN6O6/c1-42(2)40(43(3,4)41(42)56-30-17-13-27(25-45)33(44)24-30)49-36(52)26-11-14-28(15-12-26)46-21-9-7-5-6-8-10-22-47-29-16-18-31-32(23-29)39(55)50(38(31)54)34-19-20-35(51)48-37(34)53/h11-18,23-24,34,40-41,46-47H,5-10,19-22H2,1-4H3,(H,49,52)(H,48,51,53). The van der Waals surface area contributed by atoms with Gasteiger partial charge in [0.2, 0.25) is 11.8 Å². The summed E-state index contributed by atoms with van der Waals surface area (Å²) in [6, 6.07) is 18.6. The summed E-state index contributed by atoms with van der Waals surface area (Å²) in [7, 11) is 0. The Labute approximate surface area is 332 Å². The molecule has 1 atom stereocenters. The number of nitriles is 1. The van der Waals surface area contributed by atoms with Crippen LogP contribution < -0.4 is 26.0 Å². The van der Waals surface area contributed by atoms with Crippen molar-refractivity contribution in [3.63, 3.8) is 0 Å². The Hall–Kier alpha value is -5.41. The number of carbonyl (C=O) groups is 5. The molecule has 3 aromatic carbocycles. The first-order valence-corrected chi connectivity index (χ1v) is 19.7. The van der Waals surface area contributed by atoms with Gasteiger partial charge in [0.1, 0.15) is 24.0 Å². The van der Waals surface area contributed by atoms with Gasteiger partial charge in [-0.25, -0.2) is 0 Å². The maximum absolute atomic E-state index is 13.3. The number of piperidine rings is 1. The average Bonchev–Trinajstić information content (AvgIpc) is 3.41. The number of benzene rings is 3. The number of hydrogen-bond acceptors (Lipinski definition) is 9. The van der Waals surface area contributed by atoms with Gasteiger partial charge >= 0.3 is 0 Å². The number of halogens is 1. The molecule has 12 nitrogen and oxygen atoms in total. The Morgan fingerprint density at radius 2 is 1.45 bits per heavy atom. The van der Waals surface area contributed by atoms with Crippen molar-refractivity contribution in [2.24, 2.45) is 10.8 Å². The normalized spacial score (nSPS) is 20.7. The molecule has 4 N–H and O–H groups in total. The Kier molecular flexibility index (Phi) is 12.0. The van der Waals surface area contributed by atoms with Crippen LogP contribution in [0.2, 0.25) is 5.02 Å². The summed E-state index contributed by atoms with van der Waals surface area (Å²) in [6.07, 6.45) is 6.41. The maximum atomic E-state index is 13.3. The van der Waals surface area contributed by atoms with Gasteiger partial charge in [0.25, 0.3) is 17.7 Å². The summed E-state index contributed by atoms with van der Waals surface area (Å²) in [5, 5.41) is 21.8. The molecule has 13 heteroatoms. The van der Waals surface area contributed by atoms with Gasteiger partial charge in [-0.2, -0.15) is 5.26 Å². The van der Waals surface area contributed by atoms with Crippen LogP contribution in [0, 0.1) is 22.2 Å². The highest BCUT2D eigenvalue weighted by atomic mass is 35.5. The number of anilines is 2. The Balaban J connectivity index is 0.849. The van der Waals surface area contributed by atoms with Crippen LogP contribution in [0.15, 0.2) is 60.7 Å². The molecule has 5 amide bonds. The molecule has 3 aromatic rings. The van der Waals surface area contributed by atoms with E-state index in [2.05, 4.69) is 55.0 Å². The third-order valence-electron chi connectivity index (χ3n) is 11.3. The van der Waals surface area contributed by atoms with Crippen molar-refractivity contribution >= 4 is 52.5 Å². The Bertz CT molecular complexity index is 2040. The lowest BCUT2D eigenvalue weighted by Crippen LogP contribution is -2.74. The van der Waals surface area contributed by atoms with Crippen LogP contribution in [0.5, 0.6) is 5.75 Å². The molecule has 2 heterocycles. The molecule has 1 unspecified atom stereocenters. The van der Waals surface area contributed by atoms with Crippen LogP contribution >= 0.6 is 11.6 Å². The van der Waals surface area contributed by atoms with Crippen molar-refractivity contribution in [2.45, 2.75) is 97.2 Å². The van der Waals surface area contributed by atoms with Crippen LogP contribution in [0.3, 0.4) is 0 Å². The number of fused-ring (bicyclic) bond motifs is 1. The molecule has 2 aliphatic heterocycles. The van der Waals surface area contributed by atoms with E-state index in [1.807, 2.05) is 24.3 Å². The molecule has 2 fully saturated rings. The van der Waals surface area contributed by atoms with E-state index in [1.54, 1.807) is 36.4 Å². The van der Waals surface area contributed by atoms with Gasteiger partial charge in [0.15, 0.2) is 0 Å². The summed E-state index contributed by atoms with van der Waals surface area (Å²) in [5.41, 5.74) is 2.54. The molecule has 3 aliphatic rings. The third kappa shape index (κ3) is 8.38. The van der Waals surface area contributed by atoms with Crippen molar-refractivity contribution in [2.75, 3.05) is 23.7 Å². The molecular weight excluding hydrogens is 732 g/mol. The van der Waals surface area contributed by atoms with Gasteiger partial charge in [-0.1, -0.05) is 65.0 Å². The lowest BCUT2D eigenvalue weighted by Gasteiger charge is -2.63. The zero-order valence-electron chi connectivity index (χ0n) is 32.3. The van der Waals surface area contributed by atoms with Gasteiger partial charge in [-0.15, -0.1) is 0 Å². The Morgan fingerprint density at radius 3 is 2.07 bits per heavy atom. The fourth-order valence-electron chi connectivity index (χ4n) is 8.55. The van der Waals surface area contributed by atoms with Crippen LogP contribution in [0.25, 0.3) is 0 Å². The zero-order chi connectivity index (χ0) is 40.2. The minimum absolute atomic E-state index is 0.0878. The van der Waals surface area contributed by atoms with E-state index < -0.39 is 29.7 Å². The number of unbranched alkanes of at least 4 members (excludes halogenated alkanes) is 5. The number of nitrogens with one attached hydrogen (secondary N) is 4.